The minimum absolute atomic E-state index is 0.0827. The van der Waals surface area contributed by atoms with Crippen molar-refractivity contribution in [2.24, 2.45) is 0 Å². The van der Waals surface area contributed by atoms with Gasteiger partial charge in [0.25, 0.3) is 0 Å². The molecule has 0 bridgehead atoms. The molecule has 40 heavy (non-hydrogen) atoms. The Morgan fingerprint density at radius 1 is 0.775 bits per heavy atom. The second kappa shape index (κ2) is 11.9. The van der Waals surface area contributed by atoms with Crippen molar-refractivity contribution in [1.82, 2.24) is 0 Å². The molecule has 3 aromatic rings. The number of rotatable bonds is 7. The van der Waals surface area contributed by atoms with Gasteiger partial charge < -0.3 is 9.47 Å². The second-order valence-corrected chi connectivity index (χ2v) is 9.36. The highest BCUT2D eigenvalue weighted by Gasteiger charge is 2.34. The molecule has 0 amide bonds. The van der Waals surface area contributed by atoms with Crippen molar-refractivity contribution >= 4 is 5.83 Å². The highest BCUT2D eigenvalue weighted by Crippen LogP contribution is 2.42. The van der Waals surface area contributed by atoms with Gasteiger partial charge in [-0.1, -0.05) is 24.3 Å². The SMILES string of the molecule is CCO/C(F)=C(\F)c1ccc(C2CCC(c3ccc(-c4cc(F)c(OC(F)(F)F)c(F)c4)c(F)c3)CC2)c(F)c1. The zero-order valence-electron chi connectivity index (χ0n) is 21.0. The predicted molar refractivity (Wildman–Crippen MR) is 130 cm³/mol. The highest BCUT2D eigenvalue weighted by molar-refractivity contribution is 5.66. The summed E-state index contributed by atoms with van der Waals surface area (Å²) in [6.07, 6.45) is -3.11. The third kappa shape index (κ3) is 6.56. The lowest BCUT2D eigenvalue weighted by atomic mass is 9.76. The van der Waals surface area contributed by atoms with Gasteiger partial charge in [-0.15, -0.1) is 13.2 Å². The summed E-state index contributed by atoms with van der Waals surface area (Å²) in [4.78, 5) is 0. The largest absolute Gasteiger partial charge is 0.573 e. The Morgan fingerprint density at radius 2 is 1.40 bits per heavy atom. The van der Waals surface area contributed by atoms with Crippen LogP contribution in [0.25, 0.3) is 17.0 Å². The van der Waals surface area contributed by atoms with E-state index in [4.69, 9.17) is 0 Å². The number of halogens is 9. The summed E-state index contributed by atoms with van der Waals surface area (Å²) in [5.41, 5.74) is 0.169. The Hall–Kier alpha value is -3.63. The standard InChI is InChI=1S/C29H23F9O2/c1-2-39-28(35)26(34)18-8-10-20(23(31)12-18)16-5-3-15(4-6-16)17-7-9-21(22(30)11-17)19-13-24(32)27(25(33)14-19)40-29(36,37)38/h7-16H,2-6H2,1H3/b28-26-. The topological polar surface area (TPSA) is 18.5 Å². The van der Waals surface area contributed by atoms with Crippen molar-refractivity contribution in [3.63, 3.8) is 0 Å². The first-order valence-electron chi connectivity index (χ1n) is 12.4. The Labute approximate surface area is 224 Å². The molecule has 1 saturated carbocycles. The second-order valence-electron chi connectivity index (χ2n) is 9.36. The fraction of sp³-hybridized carbons (Fsp3) is 0.310. The Kier molecular flexibility index (Phi) is 8.70. The third-order valence-corrected chi connectivity index (χ3v) is 6.86. The fourth-order valence-corrected chi connectivity index (χ4v) is 4.98. The van der Waals surface area contributed by atoms with Gasteiger partial charge in [0.1, 0.15) is 11.6 Å². The van der Waals surface area contributed by atoms with E-state index in [1.54, 1.807) is 6.07 Å². The first-order chi connectivity index (χ1) is 18.9. The van der Waals surface area contributed by atoms with Crippen molar-refractivity contribution in [3.8, 4) is 16.9 Å². The van der Waals surface area contributed by atoms with Crippen LogP contribution in [0.15, 0.2) is 54.5 Å². The zero-order chi connectivity index (χ0) is 29.2. The van der Waals surface area contributed by atoms with Crippen LogP contribution in [0.2, 0.25) is 0 Å². The van der Waals surface area contributed by atoms with E-state index < -0.39 is 47.2 Å². The maximum atomic E-state index is 15.0. The van der Waals surface area contributed by atoms with E-state index in [0.717, 1.165) is 6.07 Å². The maximum Gasteiger partial charge on any atom is 0.573 e. The minimum Gasteiger partial charge on any atom is -0.469 e. The lowest BCUT2D eigenvalue weighted by Gasteiger charge is -2.29. The number of hydrogen-bond donors (Lipinski definition) is 0. The molecule has 1 aliphatic rings. The van der Waals surface area contributed by atoms with Crippen LogP contribution in [0.3, 0.4) is 0 Å². The molecular weight excluding hydrogens is 551 g/mol. The molecule has 1 fully saturated rings. The van der Waals surface area contributed by atoms with E-state index >= 15 is 0 Å². The maximum absolute atomic E-state index is 15.0. The molecule has 0 N–H and O–H groups in total. The monoisotopic (exact) mass is 574 g/mol. The molecule has 0 aliphatic heterocycles. The van der Waals surface area contributed by atoms with Crippen LogP contribution in [0, 0.1) is 23.3 Å². The third-order valence-electron chi connectivity index (χ3n) is 6.86. The first kappa shape index (κ1) is 29.4. The lowest BCUT2D eigenvalue weighted by molar-refractivity contribution is -0.276. The molecule has 0 atom stereocenters. The Bertz CT molecular complexity index is 1380. The van der Waals surface area contributed by atoms with Crippen molar-refractivity contribution in [2.45, 2.75) is 50.8 Å². The summed E-state index contributed by atoms with van der Waals surface area (Å²) >= 11 is 0. The van der Waals surface area contributed by atoms with E-state index in [2.05, 4.69) is 9.47 Å². The van der Waals surface area contributed by atoms with E-state index in [1.165, 1.54) is 31.2 Å². The van der Waals surface area contributed by atoms with Crippen molar-refractivity contribution < 1.29 is 49.0 Å². The van der Waals surface area contributed by atoms with Crippen LogP contribution in [0.5, 0.6) is 5.75 Å². The number of hydrogen-bond acceptors (Lipinski definition) is 2. The number of ether oxygens (including phenoxy) is 2. The normalized spacial score (nSPS) is 18.4. The summed E-state index contributed by atoms with van der Waals surface area (Å²) in [6.45, 7) is 1.40. The summed E-state index contributed by atoms with van der Waals surface area (Å²) in [5, 5.41) is 0. The zero-order valence-corrected chi connectivity index (χ0v) is 21.0. The molecule has 2 nitrogen and oxygen atoms in total. The van der Waals surface area contributed by atoms with Gasteiger partial charge >= 0.3 is 12.4 Å². The van der Waals surface area contributed by atoms with Crippen molar-refractivity contribution in [2.75, 3.05) is 6.61 Å². The average molecular weight is 574 g/mol. The number of benzene rings is 3. The van der Waals surface area contributed by atoms with Crippen LogP contribution < -0.4 is 4.74 Å². The highest BCUT2D eigenvalue weighted by atomic mass is 19.4. The molecular formula is C29H23F9O2. The van der Waals surface area contributed by atoms with Crippen LogP contribution in [0.1, 0.15) is 61.1 Å². The van der Waals surface area contributed by atoms with Gasteiger partial charge in [-0.25, -0.2) is 17.6 Å². The van der Waals surface area contributed by atoms with E-state index in [9.17, 15) is 39.5 Å². The quantitative estimate of drug-likeness (QED) is 0.207. The molecule has 0 spiro atoms. The van der Waals surface area contributed by atoms with Crippen molar-refractivity contribution in [3.05, 3.63) is 94.5 Å². The molecule has 11 heteroatoms. The molecule has 0 aromatic heterocycles. The molecule has 4 rings (SSSR count). The van der Waals surface area contributed by atoms with Gasteiger partial charge in [0.15, 0.2) is 11.6 Å². The van der Waals surface area contributed by atoms with Gasteiger partial charge in [0, 0.05) is 11.1 Å². The predicted octanol–water partition coefficient (Wildman–Crippen LogP) is 9.85. The first-order valence-corrected chi connectivity index (χ1v) is 12.4. The number of alkyl halides is 3. The molecule has 214 valence electrons. The van der Waals surface area contributed by atoms with Crippen LogP contribution >= 0.6 is 0 Å². The van der Waals surface area contributed by atoms with Gasteiger partial charge in [-0.05, 0) is 85.4 Å². The van der Waals surface area contributed by atoms with E-state index in [-0.39, 0.29) is 35.1 Å². The van der Waals surface area contributed by atoms with Crippen molar-refractivity contribution in [1.29, 1.82) is 0 Å². The van der Waals surface area contributed by atoms with Gasteiger partial charge in [0.2, 0.25) is 11.6 Å². The summed E-state index contributed by atoms with van der Waals surface area (Å²) < 4.78 is 131. The molecule has 0 saturated heterocycles. The Balaban J connectivity index is 1.46. The summed E-state index contributed by atoms with van der Waals surface area (Å²) in [7, 11) is 0. The summed E-state index contributed by atoms with van der Waals surface area (Å²) in [5.74, 6) is -7.98. The summed E-state index contributed by atoms with van der Waals surface area (Å²) in [6, 6.07) is 7.35. The van der Waals surface area contributed by atoms with Gasteiger partial charge in [-0.3, -0.25) is 0 Å². The smallest absolute Gasteiger partial charge is 0.469 e. The van der Waals surface area contributed by atoms with Crippen LogP contribution in [0.4, 0.5) is 39.5 Å². The molecule has 0 heterocycles. The van der Waals surface area contributed by atoms with Gasteiger partial charge in [-0.2, -0.15) is 8.78 Å². The fourth-order valence-electron chi connectivity index (χ4n) is 4.98. The minimum atomic E-state index is -5.30. The average Bonchev–Trinajstić information content (AvgIpc) is 2.90. The van der Waals surface area contributed by atoms with Crippen LogP contribution in [-0.2, 0) is 4.74 Å². The van der Waals surface area contributed by atoms with E-state index in [0.29, 0.717) is 48.9 Å². The molecule has 0 radical (unpaired) electrons. The van der Waals surface area contributed by atoms with Crippen LogP contribution in [-0.4, -0.2) is 13.0 Å². The van der Waals surface area contributed by atoms with E-state index in [1.807, 2.05) is 0 Å². The molecule has 0 unspecified atom stereocenters. The lowest BCUT2D eigenvalue weighted by Crippen LogP contribution is -2.19. The Morgan fingerprint density at radius 3 is 1.95 bits per heavy atom. The molecule has 3 aromatic carbocycles. The van der Waals surface area contributed by atoms with Gasteiger partial charge in [0.05, 0.1) is 6.61 Å². The molecule has 1 aliphatic carbocycles.